The Hall–Kier alpha value is -0.200. The van der Waals surface area contributed by atoms with Crippen molar-refractivity contribution in [3.8, 4) is 0 Å². The van der Waals surface area contributed by atoms with Crippen molar-refractivity contribution in [2.45, 2.75) is 24.5 Å². The van der Waals surface area contributed by atoms with Gasteiger partial charge >= 0.3 is 0 Å². The van der Waals surface area contributed by atoms with Gasteiger partial charge in [-0.15, -0.1) is 0 Å². The monoisotopic (exact) mass is 148 g/mol. The minimum atomic E-state index is -2.09. The van der Waals surface area contributed by atoms with Crippen molar-refractivity contribution in [3.63, 3.8) is 0 Å². The molecule has 1 aliphatic heterocycles. The van der Waals surface area contributed by atoms with Gasteiger partial charge in [-0.05, 0) is 6.42 Å². The largest absolute Gasteiger partial charge is 0.361 e. The second kappa shape index (κ2) is 2.14. The maximum atomic E-state index is 9.08. The van der Waals surface area contributed by atoms with Gasteiger partial charge in [0.2, 0.25) is 11.6 Å². The molecule has 0 amide bonds. The molecule has 0 unspecified atom stereocenters. The lowest BCUT2D eigenvalue weighted by molar-refractivity contribution is -0.310. The molecule has 0 bridgehead atoms. The number of hydrogen-bond acceptors (Lipinski definition) is 5. The molecular formula is C5H12N2O3. The fraction of sp³-hybridized carbons (Fsp3) is 1.00. The highest BCUT2D eigenvalue weighted by molar-refractivity contribution is 4.85. The topological polar surface area (TPSA) is 102 Å². The van der Waals surface area contributed by atoms with E-state index in [1.54, 1.807) is 0 Å². The third kappa shape index (κ3) is 1.14. The van der Waals surface area contributed by atoms with Gasteiger partial charge in [0.25, 0.3) is 0 Å². The first-order valence-corrected chi connectivity index (χ1v) is 3.12. The molecule has 10 heavy (non-hydrogen) atoms. The van der Waals surface area contributed by atoms with Gasteiger partial charge in [-0.25, -0.2) is 0 Å². The molecule has 1 heterocycles. The fourth-order valence-electron chi connectivity index (χ4n) is 0.871. The average Bonchev–Trinajstić information content (AvgIpc) is 1.77. The van der Waals surface area contributed by atoms with Crippen LogP contribution in [-0.2, 0) is 4.74 Å². The minimum absolute atomic E-state index is 0.153. The predicted molar refractivity (Wildman–Crippen MR) is 33.5 cm³/mol. The molecule has 0 radical (unpaired) electrons. The normalized spacial score (nSPS) is 30.0. The summed E-state index contributed by atoms with van der Waals surface area (Å²) in [6.45, 7) is 0.371. The third-order valence-corrected chi connectivity index (χ3v) is 1.64. The van der Waals surface area contributed by atoms with Crippen LogP contribution in [-0.4, -0.2) is 28.5 Å². The minimum Gasteiger partial charge on any atom is -0.361 e. The van der Waals surface area contributed by atoms with E-state index in [0.717, 1.165) is 0 Å². The van der Waals surface area contributed by atoms with E-state index in [1.807, 2.05) is 0 Å². The summed E-state index contributed by atoms with van der Waals surface area (Å²) in [6, 6.07) is 0. The first kappa shape index (κ1) is 7.90. The molecule has 0 aromatic carbocycles. The molecule has 0 aliphatic carbocycles. The average molecular weight is 148 g/mol. The molecular weight excluding hydrogens is 136 g/mol. The van der Waals surface area contributed by atoms with Crippen LogP contribution in [0, 0.1) is 0 Å². The Morgan fingerprint density at radius 3 is 2.20 bits per heavy atom. The van der Waals surface area contributed by atoms with Crippen molar-refractivity contribution in [1.82, 2.24) is 0 Å². The van der Waals surface area contributed by atoms with E-state index in [0.29, 0.717) is 13.0 Å². The second-order valence-corrected chi connectivity index (χ2v) is 2.56. The SMILES string of the molecule is NC1(N)OCCCC1(O)O. The number of aliphatic hydroxyl groups is 2. The van der Waals surface area contributed by atoms with Crippen LogP contribution in [0.4, 0.5) is 0 Å². The first-order valence-electron chi connectivity index (χ1n) is 3.12. The van der Waals surface area contributed by atoms with Crippen molar-refractivity contribution in [2.75, 3.05) is 6.61 Å². The number of hydrogen-bond donors (Lipinski definition) is 4. The quantitative estimate of drug-likeness (QED) is 0.299. The maximum Gasteiger partial charge on any atom is 0.225 e. The molecule has 5 heteroatoms. The van der Waals surface area contributed by atoms with Crippen LogP contribution in [0.25, 0.3) is 0 Å². The highest BCUT2D eigenvalue weighted by Crippen LogP contribution is 2.24. The summed E-state index contributed by atoms with van der Waals surface area (Å²) < 4.78 is 4.74. The van der Waals surface area contributed by atoms with Crippen LogP contribution in [0.2, 0.25) is 0 Å². The molecule has 0 aromatic rings. The first-order chi connectivity index (χ1) is 4.46. The van der Waals surface area contributed by atoms with Crippen LogP contribution in [0.1, 0.15) is 12.8 Å². The van der Waals surface area contributed by atoms with Gasteiger partial charge in [0.15, 0.2) is 0 Å². The van der Waals surface area contributed by atoms with Crippen molar-refractivity contribution in [3.05, 3.63) is 0 Å². The van der Waals surface area contributed by atoms with Gasteiger partial charge in [0.05, 0.1) is 6.61 Å². The Morgan fingerprint density at radius 1 is 1.30 bits per heavy atom. The molecule has 1 aliphatic rings. The Labute approximate surface area is 58.6 Å². The van der Waals surface area contributed by atoms with Gasteiger partial charge in [0.1, 0.15) is 0 Å². The van der Waals surface area contributed by atoms with Crippen LogP contribution in [0.5, 0.6) is 0 Å². The molecule has 0 atom stereocenters. The molecule has 60 valence electrons. The third-order valence-electron chi connectivity index (χ3n) is 1.64. The van der Waals surface area contributed by atoms with Crippen molar-refractivity contribution in [1.29, 1.82) is 0 Å². The standard InChI is InChI=1S/C5H12N2O3/c6-5(7)4(8,9)2-1-3-10-5/h8-9H,1-3,6-7H2. The lowest BCUT2D eigenvalue weighted by Gasteiger charge is -2.40. The molecule has 0 saturated carbocycles. The highest BCUT2D eigenvalue weighted by Gasteiger charge is 2.47. The zero-order valence-electron chi connectivity index (χ0n) is 5.58. The lowest BCUT2D eigenvalue weighted by Crippen LogP contribution is -2.70. The van der Waals surface area contributed by atoms with Gasteiger partial charge < -0.3 is 14.9 Å². The summed E-state index contributed by atoms with van der Waals surface area (Å²) in [5.74, 6) is -3.91. The van der Waals surface area contributed by atoms with E-state index in [9.17, 15) is 0 Å². The highest BCUT2D eigenvalue weighted by atomic mass is 16.6. The van der Waals surface area contributed by atoms with Crippen LogP contribution >= 0.6 is 0 Å². The van der Waals surface area contributed by atoms with Gasteiger partial charge in [-0.3, -0.25) is 11.5 Å². The van der Waals surface area contributed by atoms with E-state index in [4.69, 9.17) is 26.4 Å². The Balaban J connectivity index is 2.70. The Bertz CT molecular complexity index is 119. The van der Waals surface area contributed by atoms with Crippen LogP contribution in [0.3, 0.4) is 0 Å². The van der Waals surface area contributed by atoms with E-state index in [1.165, 1.54) is 0 Å². The van der Waals surface area contributed by atoms with Crippen molar-refractivity contribution in [2.24, 2.45) is 11.5 Å². The van der Waals surface area contributed by atoms with E-state index >= 15 is 0 Å². The van der Waals surface area contributed by atoms with E-state index in [2.05, 4.69) is 0 Å². The molecule has 5 nitrogen and oxygen atoms in total. The Kier molecular flexibility index (Phi) is 1.69. The van der Waals surface area contributed by atoms with E-state index < -0.39 is 11.6 Å². The molecule has 1 rings (SSSR count). The summed E-state index contributed by atoms with van der Waals surface area (Å²) in [4.78, 5) is 0. The zero-order chi connectivity index (χ0) is 7.83. The number of ether oxygens (including phenoxy) is 1. The summed E-state index contributed by atoms with van der Waals surface area (Å²) in [5, 5.41) is 18.2. The van der Waals surface area contributed by atoms with Crippen molar-refractivity contribution < 1.29 is 14.9 Å². The molecule has 6 N–H and O–H groups in total. The predicted octanol–water partition coefficient (Wildman–Crippen LogP) is -1.95. The Morgan fingerprint density at radius 2 is 1.90 bits per heavy atom. The number of nitrogens with two attached hydrogens (primary N) is 2. The van der Waals surface area contributed by atoms with Crippen molar-refractivity contribution >= 4 is 0 Å². The summed E-state index contributed by atoms with van der Waals surface area (Å²) in [7, 11) is 0. The molecule has 0 spiro atoms. The molecule has 0 aromatic heterocycles. The number of rotatable bonds is 0. The second-order valence-electron chi connectivity index (χ2n) is 2.56. The smallest absolute Gasteiger partial charge is 0.225 e. The lowest BCUT2D eigenvalue weighted by atomic mass is 10.0. The van der Waals surface area contributed by atoms with Crippen LogP contribution in [0.15, 0.2) is 0 Å². The van der Waals surface area contributed by atoms with Gasteiger partial charge in [0, 0.05) is 6.42 Å². The summed E-state index contributed by atoms with van der Waals surface area (Å²) >= 11 is 0. The van der Waals surface area contributed by atoms with E-state index in [-0.39, 0.29) is 6.42 Å². The fourth-order valence-corrected chi connectivity index (χ4v) is 0.871. The molecule has 1 saturated heterocycles. The maximum absolute atomic E-state index is 9.08. The zero-order valence-corrected chi connectivity index (χ0v) is 5.58. The summed E-state index contributed by atoms with van der Waals surface area (Å²) in [6.07, 6.45) is 0.711. The van der Waals surface area contributed by atoms with Gasteiger partial charge in [-0.1, -0.05) is 0 Å². The van der Waals surface area contributed by atoms with Gasteiger partial charge in [-0.2, -0.15) is 0 Å². The molecule has 1 fully saturated rings. The summed E-state index contributed by atoms with van der Waals surface area (Å²) in [5.41, 5.74) is 10.4. The van der Waals surface area contributed by atoms with Crippen LogP contribution < -0.4 is 11.5 Å².